The van der Waals surface area contributed by atoms with Gasteiger partial charge in [-0.2, -0.15) is 4.31 Å². The molecule has 1 fully saturated rings. The smallest absolute Gasteiger partial charge is 0.215 e. The Kier molecular flexibility index (Phi) is 3.76. The van der Waals surface area contributed by atoms with Crippen LogP contribution in [0.1, 0.15) is 5.56 Å². The van der Waals surface area contributed by atoms with Gasteiger partial charge >= 0.3 is 0 Å². The molecule has 1 saturated heterocycles. The molecule has 17 heavy (non-hydrogen) atoms. The Morgan fingerprint density at radius 2 is 1.94 bits per heavy atom. The van der Waals surface area contributed by atoms with Crippen molar-refractivity contribution in [3.63, 3.8) is 0 Å². The number of sulfonamides is 1. The van der Waals surface area contributed by atoms with E-state index in [9.17, 15) is 12.8 Å². The summed E-state index contributed by atoms with van der Waals surface area (Å²) in [5.41, 5.74) is 0.803. The molecule has 1 heterocycles. The minimum Gasteiger partial charge on any atom is -0.314 e. The normalized spacial score (nSPS) is 21.0. The molecule has 1 N–H and O–H groups in total. The molecular weight excluding hydrogens is 243 g/mol. The summed E-state index contributed by atoms with van der Waals surface area (Å²) in [5.74, 6) is -0.192. The highest BCUT2D eigenvalue weighted by Crippen LogP contribution is 2.11. The predicted molar refractivity (Wildman–Crippen MR) is 63.5 cm³/mol. The van der Waals surface area contributed by atoms with Gasteiger partial charge in [0, 0.05) is 26.2 Å². The van der Waals surface area contributed by atoms with Crippen molar-refractivity contribution in [2.75, 3.05) is 25.4 Å². The lowest BCUT2D eigenvalue weighted by atomic mass is 10.2. The van der Waals surface area contributed by atoms with E-state index < -0.39 is 10.0 Å². The highest BCUT2D eigenvalue weighted by Gasteiger charge is 2.23. The van der Waals surface area contributed by atoms with E-state index in [-0.39, 0.29) is 11.6 Å². The number of nitrogens with one attached hydrogen (secondary N) is 1. The zero-order valence-corrected chi connectivity index (χ0v) is 10.2. The number of nitrogens with zero attached hydrogens (tertiary/aromatic N) is 1. The molecule has 94 valence electrons. The molecule has 0 aromatic heterocycles. The first kappa shape index (κ1) is 12.5. The molecule has 4 nitrogen and oxygen atoms in total. The van der Waals surface area contributed by atoms with Gasteiger partial charge in [0.25, 0.3) is 0 Å². The molecule has 1 aliphatic heterocycles. The van der Waals surface area contributed by atoms with Crippen LogP contribution < -0.4 is 5.32 Å². The van der Waals surface area contributed by atoms with Crippen LogP contribution in [0.3, 0.4) is 0 Å². The van der Waals surface area contributed by atoms with Crippen LogP contribution in [0.15, 0.2) is 24.3 Å². The number of benzene rings is 1. The second kappa shape index (κ2) is 5.12. The third kappa shape index (κ3) is 3.24. The maximum atomic E-state index is 12.7. The summed E-state index contributed by atoms with van der Waals surface area (Å²) < 4.78 is 38.0. The molecule has 6 heteroatoms. The van der Waals surface area contributed by atoms with Crippen molar-refractivity contribution in [2.45, 2.75) is 6.54 Å². The molecule has 0 bridgehead atoms. The van der Waals surface area contributed by atoms with Gasteiger partial charge in [0.15, 0.2) is 0 Å². The third-order valence-electron chi connectivity index (χ3n) is 2.74. The van der Waals surface area contributed by atoms with E-state index in [1.165, 1.54) is 16.4 Å². The standard InChI is InChI=1S/C11H15FN2O2S/c12-11-3-1-10(2-4-11)9-14-7-5-13-6-8-17(14,15)16/h1-4,13H,5-9H2. The van der Waals surface area contributed by atoms with Crippen LogP contribution in [0.5, 0.6) is 0 Å². The molecule has 0 aliphatic carbocycles. The molecular formula is C11H15FN2O2S. The molecule has 0 atom stereocenters. The monoisotopic (exact) mass is 258 g/mol. The van der Waals surface area contributed by atoms with Crippen LogP contribution in [0.4, 0.5) is 4.39 Å². The van der Waals surface area contributed by atoms with Gasteiger partial charge in [0.2, 0.25) is 10.0 Å². The Morgan fingerprint density at radius 1 is 1.24 bits per heavy atom. The lowest BCUT2D eigenvalue weighted by molar-refractivity contribution is 0.415. The average Bonchev–Trinajstić information content (AvgIpc) is 2.44. The van der Waals surface area contributed by atoms with Crippen molar-refractivity contribution >= 4 is 10.0 Å². The number of halogens is 1. The van der Waals surface area contributed by atoms with Crippen molar-refractivity contribution in [2.24, 2.45) is 0 Å². The third-order valence-corrected chi connectivity index (χ3v) is 4.56. The summed E-state index contributed by atoms with van der Waals surface area (Å²) in [6.07, 6.45) is 0. The number of rotatable bonds is 2. The molecule has 1 aliphatic rings. The van der Waals surface area contributed by atoms with E-state index >= 15 is 0 Å². The van der Waals surface area contributed by atoms with E-state index in [2.05, 4.69) is 5.32 Å². The first-order valence-corrected chi connectivity index (χ1v) is 7.12. The van der Waals surface area contributed by atoms with Gasteiger partial charge in [-0.15, -0.1) is 0 Å². The first-order chi connectivity index (χ1) is 8.08. The molecule has 1 aromatic rings. The van der Waals surface area contributed by atoms with E-state index in [0.717, 1.165) is 5.56 Å². The number of hydrogen-bond donors (Lipinski definition) is 1. The zero-order chi connectivity index (χ0) is 12.3. The average molecular weight is 258 g/mol. The molecule has 0 spiro atoms. The molecule has 0 amide bonds. The Bertz CT molecular complexity index is 473. The summed E-state index contributed by atoms with van der Waals surface area (Å²) in [6, 6.07) is 5.92. The highest BCUT2D eigenvalue weighted by molar-refractivity contribution is 7.89. The van der Waals surface area contributed by atoms with Crippen LogP contribution in [0, 0.1) is 5.82 Å². The van der Waals surface area contributed by atoms with Crippen molar-refractivity contribution in [3.05, 3.63) is 35.6 Å². The van der Waals surface area contributed by atoms with Gasteiger partial charge < -0.3 is 5.32 Å². The van der Waals surface area contributed by atoms with E-state index in [4.69, 9.17) is 0 Å². The summed E-state index contributed by atoms with van der Waals surface area (Å²) >= 11 is 0. The molecule has 0 unspecified atom stereocenters. The lowest BCUT2D eigenvalue weighted by Gasteiger charge is -2.19. The van der Waals surface area contributed by atoms with Crippen molar-refractivity contribution in [1.29, 1.82) is 0 Å². The molecule has 0 saturated carbocycles. The lowest BCUT2D eigenvalue weighted by Crippen LogP contribution is -2.33. The minimum atomic E-state index is -3.19. The Balaban J connectivity index is 2.13. The van der Waals surface area contributed by atoms with Gasteiger partial charge in [-0.1, -0.05) is 12.1 Å². The van der Waals surface area contributed by atoms with Crippen molar-refractivity contribution in [3.8, 4) is 0 Å². The van der Waals surface area contributed by atoms with E-state index in [0.29, 0.717) is 26.2 Å². The van der Waals surface area contributed by atoms with Gasteiger partial charge in [0.1, 0.15) is 5.82 Å². The predicted octanol–water partition coefficient (Wildman–Crippen LogP) is 0.561. The summed E-state index contributed by atoms with van der Waals surface area (Å²) in [5, 5.41) is 3.05. The fraction of sp³-hybridized carbons (Fsp3) is 0.455. The largest absolute Gasteiger partial charge is 0.314 e. The van der Waals surface area contributed by atoms with E-state index in [1.54, 1.807) is 12.1 Å². The fourth-order valence-electron chi connectivity index (χ4n) is 1.77. The summed E-state index contributed by atoms with van der Waals surface area (Å²) in [4.78, 5) is 0. The Morgan fingerprint density at radius 3 is 2.65 bits per heavy atom. The van der Waals surface area contributed by atoms with Crippen LogP contribution in [0.2, 0.25) is 0 Å². The van der Waals surface area contributed by atoms with Crippen molar-refractivity contribution < 1.29 is 12.8 Å². The summed E-state index contributed by atoms with van der Waals surface area (Å²) in [6.45, 7) is 1.91. The zero-order valence-electron chi connectivity index (χ0n) is 9.39. The Hall–Kier alpha value is -0.980. The van der Waals surface area contributed by atoms with Crippen LogP contribution >= 0.6 is 0 Å². The quantitative estimate of drug-likeness (QED) is 0.843. The SMILES string of the molecule is O=S1(=O)CCNCCN1Cc1ccc(F)cc1. The maximum absolute atomic E-state index is 12.7. The van der Waals surface area contributed by atoms with Crippen LogP contribution in [0.25, 0.3) is 0 Å². The van der Waals surface area contributed by atoms with Gasteiger partial charge in [-0.3, -0.25) is 0 Å². The van der Waals surface area contributed by atoms with Crippen LogP contribution in [-0.4, -0.2) is 38.1 Å². The highest BCUT2D eigenvalue weighted by atomic mass is 32.2. The molecule has 0 radical (unpaired) electrons. The minimum absolute atomic E-state index is 0.119. The van der Waals surface area contributed by atoms with Gasteiger partial charge in [-0.25, -0.2) is 12.8 Å². The van der Waals surface area contributed by atoms with E-state index in [1.807, 2.05) is 0 Å². The summed E-state index contributed by atoms with van der Waals surface area (Å²) in [7, 11) is -3.19. The second-order valence-corrected chi connectivity index (χ2v) is 6.11. The Labute approximate surface area is 100 Å². The maximum Gasteiger partial charge on any atom is 0.215 e. The molecule has 2 rings (SSSR count). The fourth-order valence-corrected chi connectivity index (χ4v) is 3.14. The second-order valence-electron chi connectivity index (χ2n) is 4.03. The van der Waals surface area contributed by atoms with Gasteiger partial charge in [0.05, 0.1) is 5.75 Å². The number of hydrogen-bond acceptors (Lipinski definition) is 3. The topological polar surface area (TPSA) is 49.4 Å². The van der Waals surface area contributed by atoms with Crippen molar-refractivity contribution in [1.82, 2.24) is 9.62 Å². The first-order valence-electron chi connectivity index (χ1n) is 5.51. The van der Waals surface area contributed by atoms with Crippen LogP contribution in [-0.2, 0) is 16.6 Å². The van der Waals surface area contributed by atoms with Gasteiger partial charge in [-0.05, 0) is 17.7 Å². The molecule has 1 aromatic carbocycles.